The summed E-state index contributed by atoms with van der Waals surface area (Å²) in [5.41, 5.74) is 2.33. The van der Waals surface area contributed by atoms with Crippen LogP contribution in [0, 0.1) is 5.82 Å². The number of carbonyl (C=O) groups is 4. The Bertz CT molecular complexity index is 1490. The molecule has 0 unspecified atom stereocenters. The van der Waals surface area contributed by atoms with Crippen LogP contribution in [-0.4, -0.2) is 81.5 Å². The van der Waals surface area contributed by atoms with Gasteiger partial charge in [-0.25, -0.2) is 9.37 Å². The number of nitrogens with zero attached hydrogens (tertiary/aromatic N) is 3. The van der Waals surface area contributed by atoms with E-state index in [-0.39, 0.29) is 58.3 Å². The highest BCUT2D eigenvalue weighted by atomic mass is 19.1. The Morgan fingerprint density at radius 2 is 1.16 bits per heavy atom. The van der Waals surface area contributed by atoms with Crippen LogP contribution in [-0.2, 0) is 38.1 Å². The molecule has 0 bridgehead atoms. The number of para-hydroxylation sites is 1. The van der Waals surface area contributed by atoms with Crippen LogP contribution in [0.25, 0.3) is 23.1 Å². The highest BCUT2D eigenvalue weighted by Gasteiger charge is 2.22. The van der Waals surface area contributed by atoms with E-state index in [0.717, 1.165) is 0 Å². The van der Waals surface area contributed by atoms with E-state index < -0.39 is 29.7 Å². The lowest BCUT2D eigenvalue weighted by Crippen LogP contribution is -2.36. The number of pyridine rings is 1. The maximum absolute atomic E-state index is 14.7. The lowest BCUT2D eigenvalue weighted by molar-refractivity contribution is -0.144. The number of ether oxygens (including phenoxy) is 4. The lowest BCUT2D eigenvalue weighted by Gasteiger charge is -2.24. The summed E-state index contributed by atoms with van der Waals surface area (Å²) in [6.45, 7) is 6.43. The largest absolute Gasteiger partial charge is 0.465 e. The van der Waals surface area contributed by atoms with E-state index in [0.29, 0.717) is 27.8 Å². The summed E-state index contributed by atoms with van der Waals surface area (Å²) in [5, 5.41) is 0.454. The summed E-state index contributed by atoms with van der Waals surface area (Å²) >= 11 is 0. The first-order valence-corrected chi connectivity index (χ1v) is 14.7. The fourth-order valence-electron chi connectivity index (χ4n) is 4.52. The van der Waals surface area contributed by atoms with E-state index in [2.05, 4.69) is 0 Å². The van der Waals surface area contributed by atoms with E-state index in [9.17, 15) is 23.6 Å². The highest BCUT2D eigenvalue weighted by Crippen LogP contribution is 2.29. The molecular formula is C33H38FN3O8. The third kappa shape index (κ3) is 10.3. The van der Waals surface area contributed by atoms with Crippen LogP contribution >= 0.6 is 0 Å². The molecule has 0 fully saturated rings. The van der Waals surface area contributed by atoms with Gasteiger partial charge in [0.25, 0.3) is 0 Å². The average Bonchev–Trinajstić information content (AvgIpc) is 2.99. The first-order chi connectivity index (χ1) is 21.7. The zero-order chi connectivity index (χ0) is 32.8. The molecule has 0 radical (unpaired) electrons. The van der Waals surface area contributed by atoms with Gasteiger partial charge in [0.2, 0.25) is 0 Å². The number of esters is 4. The molecule has 3 rings (SSSR count). The number of carbonyl (C=O) groups excluding carboxylic acids is 4. The van der Waals surface area contributed by atoms with E-state index in [1.54, 1.807) is 69.0 Å². The molecular weight excluding hydrogens is 585 g/mol. The van der Waals surface area contributed by atoms with Crippen molar-refractivity contribution < 1.29 is 42.5 Å². The number of aromatic nitrogens is 1. The molecule has 2 aromatic carbocycles. The minimum absolute atomic E-state index is 0.141. The number of hydrogen-bond donors (Lipinski definition) is 0. The molecule has 0 aliphatic rings. The minimum Gasteiger partial charge on any atom is -0.465 e. The van der Waals surface area contributed by atoms with Crippen LogP contribution in [0.4, 0.5) is 15.8 Å². The van der Waals surface area contributed by atoms with Gasteiger partial charge in [-0.15, -0.1) is 0 Å². The standard InChI is InChI=1S/C33H38FN3O8/c1-5-42-29(38)19-36(20-30(39)43-6-2)27-12-10-9-11-23(27)13-15-26-16-14-24-17-25(34)18-28(33(24)35-26)37(21-31(40)44-7-3)22-32(41)45-8-4/h9-18H,5-8,19-22H2,1-4H3/b15-13+. The summed E-state index contributed by atoms with van der Waals surface area (Å²) in [6, 6.07) is 13.1. The van der Waals surface area contributed by atoms with Crippen molar-refractivity contribution in [2.75, 3.05) is 62.4 Å². The number of rotatable bonds is 16. The number of halogens is 1. The second-order valence-electron chi connectivity index (χ2n) is 9.56. The molecule has 45 heavy (non-hydrogen) atoms. The van der Waals surface area contributed by atoms with Gasteiger partial charge < -0.3 is 28.7 Å². The topological polar surface area (TPSA) is 125 Å². The van der Waals surface area contributed by atoms with Gasteiger partial charge in [-0.3, -0.25) is 19.2 Å². The molecule has 0 atom stereocenters. The maximum Gasteiger partial charge on any atom is 0.325 e. The zero-order valence-electron chi connectivity index (χ0n) is 25.9. The molecule has 3 aromatic rings. The molecule has 240 valence electrons. The quantitative estimate of drug-likeness (QED) is 0.166. The Morgan fingerprint density at radius 3 is 1.67 bits per heavy atom. The monoisotopic (exact) mass is 623 g/mol. The summed E-state index contributed by atoms with van der Waals surface area (Å²) in [6.07, 6.45) is 3.49. The molecule has 0 saturated heterocycles. The third-order valence-electron chi connectivity index (χ3n) is 6.31. The predicted molar refractivity (Wildman–Crippen MR) is 168 cm³/mol. The van der Waals surface area contributed by atoms with Crippen molar-refractivity contribution in [1.82, 2.24) is 4.98 Å². The van der Waals surface area contributed by atoms with Gasteiger partial charge in [-0.1, -0.05) is 30.3 Å². The van der Waals surface area contributed by atoms with Gasteiger partial charge in [-0.2, -0.15) is 0 Å². The average molecular weight is 624 g/mol. The molecule has 0 amide bonds. The molecule has 12 heteroatoms. The number of hydrogen-bond acceptors (Lipinski definition) is 11. The molecule has 0 aliphatic carbocycles. The Balaban J connectivity index is 2.03. The Hall–Kier alpha value is -5.00. The van der Waals surface area contributed by atoms with Crippen molar-refractivity contribution in [3.05, 3.63) is 65.6 Å². The van der Waals surface area contributed by atoms with Crippen LogP contribution in [0.2, 0.25) is 0 Å². The van der Waals surface area contributed by atoms with Crippen molar-refractivity contribution in [2.45, 2.75) is 27.7 Å². The van der Waals surface area contributed by atoms with Gasteiger partial charge >= 0.3 is 23.9 Å². The van der Waals surface area contributed by atoms with Crippen LogP contribution in [0.1, 0.15) is 39.0 Å². The van der Waals surface area contributed by atoms with E-state index >= 15 is 0 Å². The zero-order valence-corrected chi connectivity index (χ0v) is 25.9. The van der Waals surface area contributed by atoms with E-state index in [4.69, 9.17) is 23.9 Å². The van der Waals surface area contributed by atoms with Gasteiger partial charge in [0.05, 0.1) is 43.3 Å². The molecule has 0 aliphatic heterocycles. The van der Waals surface area contributed by atoms with E-state index in [1.165, 1.54) is 17.0 Å². The molecule has 1 heterocycles. The predicted octanol–water partition coefficient (Wildman–Crippen LogP) is 4.41. The fraction of sp³-hybridized carbons (Fsp3) is 0.364. The van der Waals surface area contributed by atoms with Crippen molar-refractivity contribution in [2.24, 2.45) is 0 Å². The van der Waals surface area contributed by atoms with Gasteiger partial charge in [0, 0.05) is 11.1 Å². The van der Waals surface area contributed by atoms with Gasteiger partial charge in [0.15, 0.2) is 0 Å². The lowest BCUT2D eigenvalue weighted by atomic mass is 10.1. The summed E-state index contributed by atoms with van der Waals surface area (Å²) in [4.78, 5) is 57.2. The maximum atomic E-state index is 14.7. The van der Waals surface area contributed by atoms with Crippen molar-refractivity contribution in [1.29, 1.82) is 0 Å². The van der Waals surface area contributed by atoms with Gasteiger partial charge in [-0.05, 0) is 63.6 Å². The molecule has 0 N–H and O–H groups in total. The Morgan fingerprint density at radius 1 is 0.667 bits per heavy atom. The number of anilines is 2. The van der Waals surface area contributed by atoms with Crippen molar-refractivity contribution in [3.8, 4) is 0 Å². The molecule has 1 aromatic heterocycles. The normalized spacial score (nSPS) is 10.9. The van der Waals surface area contributed by atoms with Crippen LogP contribution < -0.4 is 9.80 Å². The minimum atomic E-state index is -0.595. The molecule has 0 saturated carbocycles. The molecule has 11 nitrogen and oxygen atoms in total. The van der Waals surface area contributed by atoms with E-state index in [1.807, 2.05) is 12.1 Å². The summed E-state index contributed by atoms with van der Waals surface area (Å²) in [5.74, 6) is -2.75. The molecule has 0 spiro atoms. The second-order valence-corrected chi connectivity index (χ2v) is 9.56. The third-order valence-corrected chi connectivity index (χ3v) is 6.31. The SMILES string of the molecule is CCOC(=O)CN(CC(=O)OCC)c1ccccc1/C=C/c1ccc2cc(F)cc(N(CC(=O)OCC)CC(=O)OCC)c2n1. The fourth-order valence-corrected chi connectivity index (χ4v) is 4.52. The number of fused-ring (bicyclic) bond motifs is 1. The first kappa shape index (κ1) is 34.5. The first-order valence-electron chi connectivity index (χ1n) is 14.7. The van der Waals surface area contributed by atoms with Crippen LogP contribution in [0.15, 0.2) is 48.5 Å². The summed E-state index contributed by atoms with van der Waals surface area (Å²) in [7, 11) is 0. The van der Waals surface area contributed by atoms with Gasteiger partial charge in [0.1, 0.15) is 32.0 Å². The number of benzene rings is 2. The van der Waals surface area contributed by atoms with Crippen LogP contribution in [0.3, 0.4) is 0 Å². The smallest absolute Gasteiger partial charge is 0.325 e. The highest BCUT2D eigenvalue weighted by molar-refractivity contribution is 5.95. The Labute approximate surface area is 261 Å². The van der Waals surface area contributed by atoms with Crippen LogP contribution in [0.5, 0.6) is 0 Å². The second kappa shape index (κ2) is 17.3. The van der Waals surface area contributed by atoms with Crippen molar-refractivity contribution in [3.63, 3.8) is 0 Å². The Kier molecular flexibility index (Phi) is 13.3. The van der Waals surface area contributed by atoms with Crippen molar-refractivity contribution >= 4 is 58.3 Å². The summed E-state index contributed by atoms with van der Waals surface area (Å²) < 4.78 is 35.1.